The highest BCUT2D eigenvalue weighted by molar-refractivity contribution is 4.85. The summed E-state index contributed by atoms with van der Waals surface area (Å²) < 4.78 is 0. The van der Waals surface area contributed by atoms with Gasteiger partial charge in [0.2, 0.25) is 0 Å². The van der Waals surface area contributed by atoms with E-state index in [0.717, 1.165) is 6.54 Å². The van der Waals surface area contributed by atoms with Crippen LogP contribution in [-0.4, -0.2) is 18.5 Å². The average molecular weight is 169 g/mol. The molecule has 0 radical (unpaired) electrons. The molecule has 0 amide bonds. The van der Waals surface area contributed by atoms with E-state index in [0.29, 0.717) is 11.3 Å². The highest BCUT2D eigenvalue weighted by Crippen LogP contribution is 2.14. The largest absolute Gasteiger partial charge is 0.380 e. The Bertz CT molecular complexity index is 140. The van der Waals surface area contributed by atoms with Crippen LogP contribution in [0.2, 0.25) is 0 Å². The lowest BCUT2D eigenvalue weighted by atomic mass is 9.96. The molecule has 0 saturated carbocycles. The zero-order chi connectivity index (χ0) is 9.78. The number of allylic oxidation sites excluding steroid dienone is 1. The van der Waals surface area contributed by atoms with Gasteiger partial charge in [-0.3, -0.25) is 0 Å². The van der Waals surface area contributed by atoms with Crippen LogP contribution in [0, 0.1) is 11.3 Å². The summed E-state index contributed by atoms with van der Waals surface area (Å²) in [5, 5.41) is 0. The van der Waals surface area contributed by atoms with Gasteiger partial charge in [-0.15, -0.1) is 0 Å². The maximum absolute atomic E-state index is 2.26. The van der Waals surface area contributed by atoms with Crippen molar-refractivity contribution in [2.45, 2.75) is 34.6 Å². The minimum atomic E-state index is 0.385. The van der Waals surface area contributed by atoms with Crippen LogP contribution >= 0.6 is 0 Å². The first-order valence-corrected chi connectivity index (χ1v) is 4.70. The Kier molecular flexibility index (Phi) is 4.36. The summed E-state index contributed by atoms with van der Waals surface area (Å²) in [5.41, 5.74) is 0.385. The highest BCUT2D eigenvalue weighted by Gasteiger charge is 2.10. The fourth-order valence-electron chi connectivity index (χ4n) is 1.12. The molecule has 0 aliphatic rings. The molecule has 0 fully saturated rings. The summed E-state index contributed by atoms with van der Waals surface area (Å²) in [6, 6.07) is 0. The number of hydrogen-bond acceptors (Lipinski definition) is 1. The molecule has 0 heterocycles. The molecule has 0 spiro atoms. The summed E-state index contributed by atoms with van der Waals surface area (Å²) in [4.78, 5) is 2.25. The molecule has 0 aromatic heterocycles. The first kappa shape index (κ1) is 11.5. The second-order valence-corrected chi connectivity index (χ2v) is 5.06. The van der Waals surface area contributed by atoms with E-state index >= 15 is 0 Å². The lowest BCUT2D eigenvalue weighted by Gasteiger charge is -2.25. The van der Waals surface area contributed by atoms with Crippen molar-refractivity contribution in [3.05, 3.63) is 12.3 Å². The van der Waals surface area contributed by atoms with E-state index in [2.05, 4.69) is 58.8 Å². The summed E-state index contributed by atoms with van der Waals surface area (Å²) >= 11 is 0. The van der Waals surface area contributed by atoms with Crippen molar-refractivity contribution < 1.29 is 0 Å². The number of hydrogen-bond donors (Lipinski definition) is 0. The topological polar surface area (TPSA) is 3.24 Å². The van der Waals surface area contributed by atoms with Crippen LogP contribution in [0.3, 0.4) is 0 Å². The SMILES string of the molecule is CC(C)C=CN(C)CC(C)(C)C. The van der Waals surface area contributed by atoms with E-state index in [4.69, 9.17) is 0 Å². The Morgan fingerprint density at radius 1 is 1.25 bits per heavy atom. The fraction of sp³-hybridized carbons (Fsp3) is 0.818. The van der Waals surface area contributed by atoms with Crippen molar-refractivity contribution in [2.24, 2.45) is 11.3 Å². The second-order valence-electron chi connectivity index (χ2n) is 5.06. The average Bonchev–Trinajstić information content (AvgIpc) is 1.79. The summed E-state index contributed by atoms with van der Waals surface area (Å²) in [6.45, 7) is 12.3. The van der Waals surface area contributed by atoms with Crippen LogP contribution in [0.1, 0.15) is 34.6 Å². The van der Waals surface area contributed by atoms with Crippen molar-refractivity contribution in [3.8, 4) is 0 Å². The van der Waals surface area contributed by atoms with Gasteiger partial charge in [0.25, 0.3) is 0 Å². The van der Waals surface area contributed by atoms with E-state index in [9.17, 15) is 0 Å². The van der Waals surface area contributed by atoms with Crippen molar-refractivity contribution in [1.82, 2.24) is 4.90 Å². The van der Waals surface area contributed by atoms with E-state index in [-0.39, 0.29) is 0 Å². The summed E-state index contributed by atoms with van der Waals surface area (Å²) in [6.07, 6.45) is 4.40. The van der Waals surface area contributed by atoms with Crippen molar-refractivity contribution in [2.75, 3.05) is 13.6 Å². The van der Waals surface area contributed by atoms with Crippen LogP contribution in [0.15, 0.2) is 12.3 Å². The zero-order valence-electron chi connectivity index (χ0n) is 9.39. The van der Waals surface area contributed by atoms with Crippen molar-refractivity contribution >= 4 is 0 Å². The minimum Gasteiger partial charge on any atom is -0.380 e. The smallest absolute Gasteiger partial charge is 0.0217 e. The fourth-order valence-corrected chi connectivity index (χ4v) is 1.12. The Labute approximate surface area is 77.5 Å². The molecular formula is C11H23N. The molecule has 0 aliphatic carbocycles. The molecule has 1 heteroatoms. The highest BCUT2D eigenvalue weighted by atomic mass is 15.1. The zero-order valence-corrected chi connectivity index (χ0v) is 9.39. The van der Waals surface area contributed by atoms with Crippen molar-refractivity contribution in [1.29, 1.82) is 0 Å². The first-order chi connectivity index (χ1) is 5.31. The van der Waals surface area contributed by atoms with Gasteiger partial charge in [0.05, 0.1) is 0 Å². The van der Waals surface area contributed by atoms with Crippen LogP contribution < -0.4 is 0 Å². The lowest BCUT2D eigenvalue weighted by molar-refractivity contribution is 0.284. The van der Waals surface area contributed by atoms with Crippen LogP contribution in [0.4, 0.5) is 0 Å². The van der Waals surface area contributed by atoms with E-state index in [1.807, 2.05) is 0 Å². The van der Waals surface area contributed by atoms with Gasteiger partial charge in [-0.05, 0) is 17.5 Å². The van der Waals surface area contributed by atoms with Crippen LogP contribution in [0.25, 0.3) is 0 Å². The van der Waals surface area contributed by atoms with Gasteiger partial charge in [0.1, 0.15) is 0 Å². The van der Waals surface area contributed by atoms with Crippen LogP contribution in [-0.2, 0) is 0 Å². The molecule has 0 N–H and O–H groups in total. The van der Waals surface area contributed by atoms with Crippen molar-refractivity contribution in [3.63, 3.8) is 0 Å². The van der Waals surface area contributed by atoms with Gasteiger partial charge in [0, 0.05) is 13.6 Å². The Balaban J connectivity index is 3.82. The maximum atomic E-state index is 2.26. The van der Waals surface area contributed by atoms with Gasteiger partial charge in [-0.25, -0.2) is 0 Å². The monoisotopic (exact) mass is 169 g/mol. The van der Waals surface area contributed by atoms with Crippen LogP contribution in [0.5, 0.6) is 0 Å². The van der Waals surface area contributed by atoms with Gasteiger partial charge >= 0.3 is 0 Å². The molecule has 0 rings (SSSR count). The third-order valence-corrected chi connectivity index (χ3v) is 1.45. The second kappa shape index (κ2) is 4.54. The predicted octanol–water partition coefficient (Wildman–Crippen LogP) is 3.13. The molecule has 0 aliphatic heterocycles. The maximum Gasteiger partial charge on any atom is 0.0217 e. The molecular weight excluding hydrogens is 146 g/mol. The quantitative estimate of drug-likeness (QED) is 0.627. The molecule has 0 unspecified atom stereocenters. The molecule has 0 aromatic carbocycles. The summed E-state index contributed by atoms with van der Waals surface area (Å²) in [5.74, 6) is 0.646. The van der Waals surface area contributed by atoms with E-state index < -0.39 is 0 Å². The Morgan fingerprint density at radius 2 is 1.75 bits per heavy atom. The normalized spacial score (nSPS) is 12.9. The van der Waals surface area contributed by atoms with E-state index in [1.165, 1.54) is 0 Å². The lowest BCUT2D eigenvalue weighted by Crippen LogP contribution is -2.25. The predicted molar refractivity (Wildman–Crippen MR) is 56.1 cm³/mol. The Hall–Kier alpha value is -0.460. The molecule has 12 heavy (non-hydrogen) atoms. The molecule has 0 aromatic rings. The number of nitrogens with zero attached hydrogens (tertiary/aromatic N) is 1. The number of rotatable bonds is 3. The Morgan fingerprint density at radius 3 is 2.08 bits per heavy atom. The molecule has 0 saturated heterocycles. The van der Waals surface area contributed by atoms with E-state index in [1.54, 1.807) is 0 Å². The van der Waals surface area contributed by atoms with Gasteiger partial charge in [-0.2, -0.15) is 0 Å². The minimum absolute atomic E-state index is 0.385. The molecule has 0 atom stereocenters. The van der Waals surface area contributed by atoms with Gasteiger partial charge in [-0.1, -0.05) is 40.7 Å². The molecule has 1 nitrogen and oxygen atoms in total. The third-order valence-electron chi connectivity index (χ3n) is 1.45. The van der Waals surface area contributed by atoms with Gasteiger partial charge in [0.15, 0.2) is 0 Å². The molecule has 72 valence electrons. The van der Waals surface area contributed by atoms with Gasteiger partial charge < -0.3 is 4.90 Å². The first-order valence-electron chi connectivity index (χ1n) is 4.70. The molecule has 0 bridgehead atoms. The standard InChI is InChI=1S/C11H23N/c1-10(2)7-8-12(6)9-11(3,4)5/h7-8,10H,9H2,1-6H3. The summed E-state index contributed by atoms with van der Waals surface area (Å²) in [7, 11) is 2.13. The third kappa shape index (κ3) is 7.64.